The first-order valence-electron chi connectivity index (χ1n) is 9.09. The molecule has 1 N–H and O–H groups in total. The number of benzene rings is 2. The molecule has 0 spiro atoms. The second kappa shape index (κ2) is 8.44. The van der Waals surface area contributed by atoms with Crippen LogP contribution in [0.2, 0.25) is 0 Å². The number of fused-ring (bicyclic) bond motifs is 2. The van der Waals surface area contributed by atoms with E-state index in [0.29, 0.717) is 22.3 Å². The molecule has 1 atom stereocenters. The topological polar surface area (TPSA) is 120 Å². The Morgan fingerprint density at radius 3 is 2.52 bits per heavy atom. The highest BCUT2D eigenvalue weighted by Crippen LogP contribution is 2.29. The van der Waals surface area contributed by atoms with Gasteiger partial charge in [0, 0.05) is 0 Å². The van der Waals surface area contributed by atoms with E-state index in [-0.39, 0.29) is 10.8 Å². The molecule has 0 aliphatic carbocycles. The number of nitrogens with zero attached hydrogens (tertiary/aromatic N) is 3. The lowest BCUT2D eigenvalue weighted by molar-refractivity contribution is -0.148. The first-order valence-corrected chi connectivity index (χ1v) is 9.91. The average Bonchev–Trinajstić information content (AvgIpc) is 3.20. The van der Waals surface area contributed by atoms with Gasteiger partial charge in [0.15, 0.2) is 11.0 Å². The van der Waals surface area contributed by atoms with Crippen LogP contribution >= 0.6 is 11.3 Å². The Hall–Kier alpha value is -3.92. The number of thiazole rings is 1. The number of carbonyl (C=O) groups is 3. The van der Waals surface area contributed by atoms with E-state index < -0.39 is 23.6 Å². The van der Waals surface area contributed by atoms with Gasteiger partial charge in [-0.25, -0.2) is 9.97 Å². The van der Waals surface area contributed by atoms with Crippen molar-refractivity contribution in [2.75, 3.05) is 19.5 Å². The van der Waals surface area contributed by atoms with Gasteiger partial charge in [-0.15, -0.1) is 0 Å². The van der Waals surface area contributed by atoms with Gasteiger partial charge >= 0.3 is 5.97 Å². The largest absolute Gasteiger partial charge is 0.497 e. The van der Waals surface area contributed by atoms with Crippen molar-refractivity contribution in [3.05, 3.63) is 54.4 Å². The van der Waals surface area contributed by atoms with Crippen molar-refractivity contribution >= 4 is 55.4 Å². The maximum absolute atomic E-state index is 12.9. The number of carbonyl (C=O) groups excluding carboxylic acids is 3. The number of nitrogens with one attached hydrogen (secondary N) is 1. The average molecular weight is 436 g/mol. The number of ketones is 1. The van der Waals surface area contributed by atoms with Gasteiger partial charge in [0.25, 0.3) is 5.91 Å². The molecular weight excluding hydrogens is 420 g/mol. The molecule has 1 amide bonds. The fraction of sp³-hybridized carbons (Fsp3) is 0.143. The summed E-state index contributed by atoms with van der Waals surface area (Å²) in [5.74, 6) is -3.83. The third kappa shape index (κ3) is 4.05. The van der Waals surface area contributed by atoms with Gasteiger partial charge in [-0.3, -0.25) is 24.7 Å². The third-order valence-electron chi connectivity index (χ3n) is 4.50. The molecule has 10 heteroatoms. The standard InChI is InChI=1S/C21H16N4O5S/c1-29-11-7-8-14-16(9-11)31-21(24-14)25-19(27)18(26)17(20(28)30-2)15-10-22-12-5-3-4-6-13(12)23-15/h3-10,17H,1-2H3,(H,24,25,27)/t17-/m0/s1. The summed E-state index contributed by atoms with van der Waals surface area (Å²) in [6.07, 6.45) is 1.29. The molecule has 9 nitrogen and oxygen atoms in total. The molecule has 0 saturated carbocycles. The molecule has 156 valence electrons. The van der Waals surface area contributed by atoms with E-state index in [4.69, 9.17) is 9.47 Å². The predicted octanol–water partition coefficient (Wildman–Crippen LogP) is 2.71. The Bertz CT molecular complexity index is 1320. The number of para-hydroxylation sites is 2. The first-order chi connectivity index (χ1) is 15.0. The van der Waals surface area contributed by atoms with Crippen molar-refractivity contribution in [2.24, 2.45) is 0 Å². The van der Waals surface area contributed by atoms with Crippen LogP contribution < -0.4 is 10.1 Å². The van der Waals surface area contributed by atoms with Crippen LogP contribution in [0.4, 0.5) is 5.13 Å². The summed E-state index contributed by atoms with van der Waals surface area (Å²) in [6, 6.07) is 12.2. The van der Waals surface area contributed by atoms with Gasteiger partial charge in [0.2, 0.25) is 5.78 Å². The second-order valence-corrected chi connectivity index (χ2v) is 7.44. The molecule has 0 unspecified atom stereocenters. The lowest BCUT2D eigenvalue weighted by atomic mass is 9.99. The lowest BCUT2D eigenvalue weighted by Crippen LogP contribution is -2.33. The molecule has 0 fully saturated rings. The van der Waals surface area contributed by atoms with E-state index in [2.05, 4.69) is 20.3 Å². The Morgan fingerprint density at radius 1 is 1.00 bits per heavy atom. The molecule has 0 bridgehead atoms. The van der Waals surface area contributed by atoms with Gasteiger partial charge in [-0.2, -0.15) is 0 Å². The van der Waals surface area contributed by atoms with Gasteiger partial charge in [-0.05, 0) is 30.3 Å². The molecule has 0 radical (unpaired) electrons. The highest BCUT2D eigenvalue weighted by atomic mass is 32.1. The van der Waals surface area contributed by atoms with Crippen LogP contribution in [0.15, 0.2) is 48.7 Å². The van der Waals surface area contributed by atoms with Crippen LogP contribution in [0.25, 0.3) is 21.3 Å². The van der Waals surface area contributed by atoms with Crippen LogP contribution in [-0.4, -0.2) is 46.8 Å². The van der Waals surface area contributed by atoms with Gasteiger partial charge < -0.3 is 9.47 Å². The normalized spacial score (nSPS) is 11.8. The number of methoxy groups -OCH3 is 2. The minimum Gasteiger partial charge on any atom is -0.497 e. The fourth-order valence-corrected chi connectivity index (χ4v) is 3.86. The summed E-state index contributed by atoms with van der Waals surface area (Å²) in [7, 11) is 2.68. The molecule has 4 rings (SSSR count). The molecule has 2 aromatic heterocycles. The van der Waals surface area contributed by atoms with Crippen molar-refractivity contribution < 1.29 is 23.9 Å². The number of hydrogen-bond acceptors (Lipinski definition) is 9. The van der Waals surface area contributed by atoms with Gasteiger partial charge in [0.1, 0.15) is 5.75 Å². The monoisotopic (exact) mass is 436 g/mol. The number of ether oxygens (including phenoxy) is 2. The maximum atomic E-state index is 12.9. The summed E-state index contributed by atoms with van der Waals surface area (Å²) in [5, 5.41) is 2.67. The summed E-state index contributed by atoms with van der Waals surface area (Å²) in [6.45, 7) is 0. The molecule has 2 heterocycles. The minimum atomic E-state index is -1.54. The van der Waals surface area contributed by atoms with Gasteiger partial charge in [-0.1, -0.05) is 23.5 Å². The number of rotatable bonds is 6. The first kappa shape index (κ1) is 20.4. The van der Waals surface area contributed by atoms with Crippen LogP contribution in [-0.2, 0) is 19.1 Å². The van der Waals surface area contributed by atoms with Crippen molar-refractivity contribution in [3.8, 4) is 5.75 Å². The molecule has 4 aromatic rings. The van der Waals surface area contributed by atoms with Crippen molar-refractivity contribution in [1.82, 2.24) is 15.0 Å². The fourth-order valence-electron chi connectivity index (χ4n) is 2.97. The number of hydrogen-bond donors (Lipinski definition) is 1. The van der Waals surface area contributed by atoms with Crippen molar-refractivity contribution in [3.63, 3.8) is 0 Å². The predicted molar refractivity (Wildman–Crippen MR) is 114 cm³/mol. The summed E-state index contributed by atoms with van der Waals surface area (Å²) in [4.78, 5) is 50.7. The van der Waals surface area contributed by atoms with E-state index in [1.54, 1.807) is 49.6 Å². The number of esters is 1. The zero-order valence-corrected chi connectivity index (χ0v) is 17.3. The molecule has 0 saturated heterocycles. The quantitative estimate of drug-likeness (QED) is 0.278. The molecule has 0 aliphatic rings. The summed E-state index contributed by atoms with van der Waals surface area (Å²) >= 11 is 1.18. The Balaban J connectivity index is 1.62. The highest BCUT2D eigenvalue weighted by molar-refractivity contribution is 7.22. The van der Waals surface area contributed by atoms with Crippen LogP contribution in [0, 0.1) is 0 Å². The summed E-state index contributed by atoms with van der Waals surface area (Å²) < 4.78 is 10.7. The van der Waals surface area contributed by atoms with E-state index in [1.165, 1.54) is 17.5 Å². The number of amides is 1. The molecule has 31 heavy (non-hydrogen) atoms. The SMILES string of the molecule is COC(=O)[C@H](C(=O)C(=O)Nc1nc2ccc(OC)cc2s1)c1cnc2ccccc2n1. The lowest BCUT2D eigenvalue weighted by Gasteiger charge is -2.12. The van der Waals surface area contributed by atoms with E-state index in [9.17, 15) is 14.4 Å². The van der Waals surface area contributed by atoms with Gasteiger partial charge in [0.05, 0.1) is 47.4 Å². The molecular formula is C21H16N4O5S. The van der Waals surface area contributed by atoms with Crippen LogP contribution in [0.5, 0.6) is 5.75 Å². The van der Waals surface area contributed by atoms with E-state index >= 15 is 0 Å². The number of Topliss-reactive ketones (excluding diaryl/α,β-unsaturated/α-hetero) is 1. The Morgan fingerprint density at radius 2 is 1.77 bits per heavy atom. The van der Waals surface area contributed by atoms with Crippen molar-refractivity contribution in [2.45, 2.75) is 5.92 Å². The molecule has 2 aromatic carbocycles. The van der Waals surface area contributed by atoms with Crippen LogP contribution in [0.3, 0.4) is 0 Å². The summed E-state index contributed by atoms with van der Waals surface area (Å²) in [5.41, 5.74) is 1.75. The number of aromatic nitrogens is 3. The second-order valence-electron chi connectivity index (χ2n) is 6.41. The van der Waals surface area contributed by atoms with Crippen molar-refractivity contribution in [1.29, 1.82) is 0 Å². The Kier molecular flexibility index (Phi) is 5.54. The Labute approximate surface area is 180 Å². The zero-order valence-electron chi connectivity index (χ0n) is 16.5. The third-order valence-corrected chi connectivity index (χ3v) is 5.44. The van der Waals surface area contributed by atoms with E-state index in [1.807, 2.05) is 0 Å². The molecule has 0 aliphatic heterocycles. The van der Waals surface area contributed by atoms with E-state index in [0.717, 1.165) is 11.8 Å². The zero-order chi connectivity index (χ0) is 22.0. The number of anilines is 1. The maximum Gasteiger partial charge on any atom is 0.323 e. The minimum absolute atomic E-state index is 0.0275. The van der Waals surface area contributed by atoms with Crippen LogP contribution in [0.1, 0.15) is 11.6 Å². The highest BCUT2D eigenvalue weighted by Gasteiger charge is 2.36. The smallest absolute Gasteiger partial charge is 0.323 e.